The maximum atomic E-state index is 14.3. The van der Waals surface area contributed by atoms with E-state index < -0.39 is 11.7 Å². The van der Waals surface area contributed by atoms with Crippen LogP contribution < -0.4 is 5.73 Å². The number of carbonyl (C=O) groups excluding carboxylic acids is 1. The molecule has 2 aliphatic rings. The fourth-order valence-electron chi connectivity index (χ4n) is 2.67. The average molecular weight is 337 g/mol. The topological polar surface area (TPSA) is 73.9 Å². The van der Waals surface area contributed by atoms with Gasteiger partial charge in [-0.3, -0.25) is 9.79 Å². The fraction of sp³-hybridized carbons (Fsp3) is 0.250. The van der Waals surface area contributed by atoms with Crippen molar-refractivity contribution in [1.29, 1.82) is 0 Å². The summed E-state index contributed by atoms with van der Waals surface area (Å²) in [6, 6.07) is 6.14. The van der Waals surface area contributed by atoms with Crippen LogP contribution in [0.5, 0.6) is 0 Å². The van der Waals surface area contributed by atoms with Crippen LogP contribution in [-0.4, -0.2) is 24.1 Å². The Morgan fingerprint density at radius 2 is 2.22 bits per heavy atom. The lowest BCUT2D eigenvalue weighted by atomic mass is 9.83. The highest BCUT2D eigenvalue weighted by Gasteiger charge is 2.41. The van der Waals surface area contributed by atoms with Crippen LogP contribution in [-0.2, 0) is 14.3 Å². The first-order valence-electron chi connectivity index (χ1n) is 7.07. The maximum absolute atomic E-state index is 14.3. The third-order valence-corrected chi connectivity index (χ3v) is 3.91. The number of hydrogen-bond acceptors (Lipinski definition) is 5. The van der Waals surface area contributed by atoms with E-state index in [1.165, 1.54) is 6.07 Å². The summed E-state index contributed by atoms with van der Waals surface area (Å²) < 4.78 is 25.3. The number of halogens is 2. The van der Waals surface area contributed by atoms with E-state index in [9.17, 15) is 9.18 Å². The average Bonchev–Trinajstić information content (AvgIpc) is 2.53. The van der Waals surface area contributed by atoms with Crippen LogP contribution in [0.3, 0.4) is 0 Å². The van der Waals surface area contributed by atoms with E-state index in [1.54, 1.807) is 25.1 Å². The monoisotopic (exact) mass is 336 g/mol. The first kappa shape index (κ1) is 15.6. The maximum Gasteiger partial charge on any atom is 0.230 e. The molecule has 0 radical (unpaired) electrons. The molecule has 0 saturated carbocycles. The second-order valence-electron chi connectivity index (χ2n) is 4.99. The predicted octanol–water partition coefficient (Wildman–Crippen LogP) is 2.58. The minimum absolute atomic E-state index is 0.0411. The molecule has 0 aromatic heterocycles. The third-order valence-electron chi connectivity index (χ3n) is 3.62. The molecule has 7 heteroatoms. The van der Waals surface area contributed by atoms with Gasteiger partial charge in [0, 0.05) is 5.56 Å². The number of carbonyl (C=O) groups is 1. The number of hydrogen-bond donors (Lipinski definition) is 1. The highest BCUT2D eigenvalue weighted by molar-refractivity contribution is 6.70. The van der Waals surface area contributed by atoms with Gasteiger partial charge in [0.25, 0.3) is 0 Å². The lowest BCUT2D eigenvalue weighted by molar-refractivity contribution is -0.115. The number of ketones is 1. The Kier molecular flexibility index (Phi) is 4.09. The van der Waals surface area contributed by atoms with Crippen LogP contribution in [0.2, 0.25) is 0 Å². The number of nitrogens with two attached hydrogens (primary N) is 1. The Morgan fingerprint density at radius 3 is 2.91 bits per heavy atom. The van der Waals surface area contributed by atoms with Gasteiger partial charge in [-0.15, -0.1) is 0 Å². The summed E-state index contributed by atoms with van der Waals surface area (Å²) in [5.74, 6) is -1.36. The molecule has 0 spiro atoms. The van der Waals surface area contributed by atoms with E-state index in [0.717, 1.165) is 0 Å². The molecule has 23 heavy (non-hydrogen) atoms. The van der Waals surface area contributed by atoms with Crippen molar-refractivity contribution in [2.75, 3.05) is 13.2 Å². The molecule has 1 aromatic carbocycles. The quantitative estimate of drug-likeness (QED) is 0.920. The molecule has 0 aliphatic carbocycles. The second kappa shape index (κ2) is 6.04. The minimum Gasteiger partial charge on any atom is -0.492 e. The van der Waals surface area contributed by atoms with Crippen molar-refractivity contribution in [2.45, 2.75) is 12.8 Å². The highest BCUT2D eigenvalue weighted by Crippen LogP contribution is 2.42. The zero-order valence-electron chi connectivity index (χ0n) is 12.3. The minimum atomic E-state index is -0.809. The van der Waals surface area contributed by atoms with Gasteiger partial charge < -0.3 is 15.2 Å². The number of aliphatic imine (C=N–C) groups is 1. The van der Waals surface area contributed by atoms with Crippen LogP contribution >= 0.6 is 11.6 Å². The van der Waals surface area contributed by atoms with Crippen molar-refractivity contribution >= 4 is 22.6 Å². The molecule has 5 nitrogen and oxygen atoms in total. The molecule has 2 N–H and O–H groups in total. The first-order chi connectivity index (χ1) is 11.0. The van der Waals surface area contributed by atoms with Crippen LogP contribution in [0, 0.1) is 5.82 Å². The standard InChI is InChI=1S/C16H14ClFN2O3/c1-2-22-14-11(8-5-3-4-6-9(8)18)12-10(21)7-20-15(17)13(12)23-16(14)19/h3-6,11H,2,7,19H2,1H3. The second-order valence-corrected chi connectivity index (χ2v) is 5.35. The van der Waals surface area contributed by atoms with Crippen LogP contribution in [0.25, 0.3) is 0 Å². The summed E-state index contributed by atoms with van der Waals surface area (Å²) in [5.41, 5.74) is 6.40. The Labute approximate surface area is 137 Å². The van der Waals surface area contributed by atoms with Gasteiger partial charge in [0.2, 0.25) is 5.88 Å². The Bertz CT molecular complexity index is 770. The molecule has 2 heterocycles. The van der Waals surface area contributed by atoms with Crippen LogP contribution in [0.15, 0.2) is 52.2 Å². The zero-order valence-corrected chi connectivity index (χ0v) is 13.1. The van der Waals surface area contributed by atoms with Crippen molar-refractivity contribution < 1.29 is 18.7 Å². The lowest BCUT2D eigenvalue weighted by Crippen LogP contribution is -2.32. The Balaban J connectivity index is 2.23. The Morgan fingerprint density at radius 1 is 1.48 bits per heavy atom. The Hall–Kier alpha value is -2.34. The summed E-state index contributed by atoms with van der Waals surface area (Å²) in [6.07, 6.45) is 0. The molecule has 3 rings (SSSR count). The molecule has 0 fully saturated rings. The highest BCUT2D eigenvalue weighted by atomic mass is 35.5. The number of dihydropyridines is 1. The zero-order chi connectivity index (χ0) is 16.6. The molecule has 0 bridgehead atoms. The van der Waals surface area contributed by atoms with E-state index in [0.29, 0.717) is 6.61 Å². The van der Waals surface area contributed by atoms with Crippen molar-refractivity contribution in [3.05, 3.63) is 58.6 Å². The summed E-state index contributed by atoms with van der Waals surface area (Å²) in [4.78, 5) is 16.3. The SMILES string of the molecule is CCOC1=C(N)OC2=C(C(=O)CN=C2Cl)C1c1ccccc1F. The molecule has 1 unspecified atom stereocenters. The predicted molar refractivity (Wildman–Crippen MR) is 83.3 cm³/mol. The number of ether oxygens (including phenoxy) is 2. The molecule has 0 amide bonds. The van der Waals surface area contributed by atoms with Crippen molar-refractivity contribution in [2.24, 2.45) is 10.7 Å². The summed E-state index contributed by atoms with van der Waals surface area (Å²) in [6.45, 7) is 1.94. The molecule has 1 aromatic rings. The molecule has 1 atom stereocenters. The number of Topliss-reactive ketones (excluding diaryl/α,β-unsaturated/α-hetero) is 1. The normalized spacial score (nSPS) is 20.9. The van der Waals surface area contributed by atoms with Gasteiger partial charge in [-0.05, 0) is 13.0 Å². The number of allylic oxidation sites excluding steroid dienone is 2. The van der Waals surface area contributed by atoms with Crippen LogP contribution in [0.1, 0.15) is 18.4 Å². The first-order valence-corrected chi connectivity index (χ1v) is 7.44. The van der Waals surface area contributed by atoms with Gasteiger partial charge in [-0.1, -0.05) is 29.8 Å². The third kappa shape index (κ3) is 2.59. The van der Waals surface area contributed by atoms with E-state index in [4.69, 9.17) is 26.8 Å². The van der Waals surface area contributed by atoms with Crippen LogP contribution in [0.4, 0.5) is 4.39 Å². The largest absolute Gasteiger partial charge is 0.492 e. The lowest BCUT2D eigenvalue weighted by Gasteiger charge is -2.31. The van der Waals surface area contributed by atoms with E-state index >= 15 is 0 Å². The number of benzene rings is 1. The van der Waals surface area contributed by atoms with E-state index in [2.05, 4.69) is 4.99 Å². The summed E-state index contributed by atoms with van der Waals surface area (Å²) in [5, 5.41) is 0.0411. The van der Waals surface area contributed by atoms with Gasteiger partial charge in [0.1, 0.15) is 12.4 Å². The molecular formula is C16H14ClFN2O3. The van der Waals surface area contributed by atoms with Gasteiger partial charge >= 0.3 is 0 Å². The van der Waals surface area contributed by atoms with E-state index in [1.807, 2.05) is 0 Å². The molecule has 120 valence electrons. The van der Waals surface area contributed by atoms with Crippen molar-refractivity contribution in [3.63, 3.8) is 0 Å². The van der Waals surface area contributed by atoms with Gasteiger partial charge in [-0.25, -0.2) is 4.39 Å². The van der Waals surface area contributed by atoms with Crippen molar-refractivity contribution in [3.8, 4) is 0 Å². The smallest absolute Gasteiger partial charge is 0.230 e. The van der Waals surface area contributed by atoms with Gasteiger partial charge in [-0.2, -0.15) is 0 Å². The number of nitrogens with zero attached hydrogens (tertiary/aromatic N) is 1. The van der Waals surface area contributed by atoms with Gasteiger partial charge in [0.15, 0.2) is 22.5 Å². The summed E-state index contributed by atoms with van der Waals surface area (Å²) >= 11 is 6.04. The van der Waals surface area contributed by atoms with Crippen molar-refractivity contribution in [1.82, 2.24) is 0 Å². The summed E-state index contributed by atoms with van der Waals surface area (Å²) in [7, 11) is 0. The fourth-order valence-corrected chi connectivity index (χ4v) is 2.87. The van der Waals surface area contributed by atoms with E-state index in [-0.39, 0.29) is 46.0 Å². The molecule has 0 saturated heterocycles. The number of rotatable bonds is 3. The van der Waals surface area contributed by atoms with Gasteiger partial charge in [0.05, 0.1) is 18.1 Å². The molecule has 2 aliphatic heterocycles. The molecular weight excluding hydrogens is 323 g/mol.